The second-order valence-corrected chi connectivity index (χ2v) is 19.2. The highest BCUT2D eigenvalue weighted by Gasteiger charge is 2.35. The van der Waals surface area contributed by atoms with Crippen LogP contribution in [0.1, 0.15) is 49.6 Å². The van der Waals surface area contributed by atoms with Gasteiger partial charge >= 0.3 is 33.3 Å². The van der Waals surface area contributed by atoms with E-state index in [0.29, 0.717) is 69.8 Å². The van der Waals surface area contributed by atoms with Crippen LogP contribution in [0.5, 0.6) is 0 Å². The summed E-state index contributed by atoms with van der Waals surface area (Å²) in [7, 11) is -7.89. The first kappa shape index (κ1) is 51.8. The number of piperazine rings is 2. The molecule has 0 spiro atoms. The van der Waals surface area contributed by atoms with Crippen LogP contribution in [0.15, 0.2) is 106 Å². The maximum absolute atomic E-state index is 15.1. The molecule has 2 aliphatic heterocycles. The van der Waals surface area contributed by atoms with Gasteiger partial charge in [-0.1, -0.05) is 48.5 Å². The molecular weight excluding hydrogens is 966 g/mol. The zero-order valence-electron chi connectivity index (χ0n) is 36.5. The first-order valence-corrected chi connectivity index (χ1v) is 23.7. The molecule has 2 aliphatic rings. The minimum Gasteiger partial charge on any atom is -0.415 e. The molecule has 4 aromatic carbocycles. The monoisotopic (exact) mass is 1010 g/mol. The number of alkyl halides is 4. The molecule has 0 aliphatic carbocycles. The summed E-state index contributed by atoms with van der Waals surface area (Å²) in [5.41, 5.74) is 1.24. The van der Waals surface area contributed by atoms with Crippen molar-refractivity contribution in [3.63, 3.8) is 0 Å². The quantitative estimate of drug-likeness (QED) is 0.101. The largest absolute Gasteiger partial charge is 0.415 e. The highest BCUT2D eigenvalue weighted by Crippen LogP contribution is 2.31. The molecule has 25 heteroatoms. The van der Waals surface area contributed by atoms with E-state index >= 15 is 4.39 Å². The smallest absolute Gasteiger partial charge is 0.314 e. The molecule has 16 nitrogen and oxygen atoms in total. The van der Waals surface area contributed by atoms with Crippen molar-refractivity contribution < 1.29 is 52.0 Å². The molecule has 0 amide bonds. The number of para-hydroxylation sites is 2. The summed E-state index contributed by atoms with van der Waals surface area (Å²) in [4.78, 5) is 2.20. The Morgan fingerprint density at radius 2 is 0.985 bits per heavy atom. The lowest BCUT2D eigenvalue weighted by Gasteiger charge is -2.38. The minimum absolute atomic E-state index is 0. The van der Waals surface area contributed by atoms with Gasteiger partial charge < -0.3 is 14.2 Å². The second kappa shape index (κ2) is 22.7. The van der Waals surface area contributed by atoms with Crippen molar-refractivity contribution >= 4 is 44.2 Å². The van der Waals surface area contributed by atoms with Crippen LogP contribution in [0.2, 0.25) is 0 Å². The fourth-order valence-electron chi connectivity index (χ4n) is 7.21. The van der Waals surface area contributed by atoms with Crippen LogP contribution in [0.25, 0.3) is 22.9 Å². The molecule has 4 heterocycles. The normalized spacial score (nSPS) is 15.3. The molecule has 2 saturated heterocycles. The van der Waals surface area contributed by atoms with Crippen LogP contribution in [-0.4, -0.2) is 109 Å². The van der Waals surface area contributed by atoms with Gasteiger partial charge in [0, 0.05) is 80.7 Å². The second-order valence-electron chi connectivity index (χ2n) is 15.5. The first-order chi connectivity index (χ1) is 32.0. The third-order valence-electron chi connectivity index (χ3n) is 10.9. The number of hydrogen-bond donors (Lipinski definition) is 1. The van der Waals surface area contributed by atoms with E-state index in [2.05, 4.69) is 44.5 Å². The zero-order chi connectivity index (χ0) is 47.9. The number of nitrogens with zero attached hydrogens (tertiary/aromatic N) is 9. The van der Waals surface area contributed by atoms with Gasteiger partial charge in [-0.25, -0.2) is 8.78 Å². The van der Waals surface area contributed by atoms with Crippen LogP contribution >= 0.6 is 12.4 Å². The standard InChI is InChI=1S/C23H26F3N5O3S.C20H20F3N5O3S.ClH/c1-16(2)29-10-12-30(13-11-29)35(32,33)31(19-6-4-3-5-7-19)15-18-9-8-17(14-20(18)24)22-27-28-23(34-22)21(25)26;21-17-12-14(19-25-26-20(31-19)18(22)23)6-7-15(17)13-28(16-4-2-1-3-5-16)32(29,30)27-10-8-24-9-11-27;/h3-9,14,16,21H,10-13,15H2,1-2H3;1-7,12,18,24H,8-11,13H2;1H. The minimum atomic E-state index is -3.96. The van der Waals surface area contributed by atoms with Gasteiger partial charge in [-0.05, 0) is 62.4 Å². The topological polar surface area (TPSA) is 174 Å². The zero-order valence-corrected chi connectivity index (χ0v) is 39.0. The molecule has 0 bridgehead atoms. The number of halogens is 7. The average Bonchev–Trinajstić information content (AvgIpc) is 4.04. The van der Waals surface area contributed by atoms with Gasteiger partial charge in [0.1, 0.15) is 11.6 Å². The Morgan fingerprint density at radius 1 is 0.588 bits per heavy atom. The predicted molar refractivity (Wildman–Crippen MR) is 242 cm³/mol. The Kier molecular flexibility index (Phi) is 17.2. The van der Waals surface area contributed by atoms with Crippen molar-refractivity contribution in [2.75, 3.05) is 61.0 Å². The van der Waals surface area contributed by atoms with Crippen LogP contribution in [0.3, 0.4) is 0 Å². The Balaban J connectivity index is 0.000000221. The van der Waals surface area contributed by atoms with Crippen LogP contribution in [0.4, 0.5) is 37.7 Å². The molecular formula is C43H47ClF6N10O6S2. The molecule has 0 atom stereocenters. The van der Waals surface area contributed by atoms with E-state index in [1.165, 1.54) is 37.2 Å². The summed E-state index contributed by atoms with van der Waals surface area (Å²) in [5.74, 6) is -3.67. The van der Waals surface area contributed by atoms with E-state index in [9.17, 15) is 38.8 Å². The van der Waals surface area contributed by atoms with Gasteiger partial charge in [-0.15, -0.1) is 32.8 Å². The summed E-state index contributed by atoms with van der Waals surface area (Å²) >= 11 is 0. The summed E-state index contributed by atoms with van der Waals surface area (Å²) in [5, 5.41) is 16.6. The van der Waals surface area contributed by atoms with Gasteiger partial charge in [-0.3, -0.25) is 13.5 Å². The fourth-order valence-corrected chi connectivity index (χ4v) is 10.4. The van der Waals surface area contributed by atoms with Gasteiger partial charge in [0.15, 0.2) is 0 Å². The molecule has 2 aromatic heterocycles. The van der Waals surface area contributed by atoms with E-state index in [-0.39, 0.29) is 59.5 Å². The molecule has 8 rings (SSSR count). The van der Waals surface area contributed by atoms with Crippen molar-refractivity contribution in [1.29, 1.82) is 0 Å². The number of anilines is 2. The van der Waals surface area contributed by atoms with E-state index < -0.39 is 56.7 Å². The number of hydrogen-bond acceptors (Lipinski definition) is 12. The SMILES string of the molecule is CC(C)N1CCN(S(=O)(=O)N(Cc2ccc(-c3nnc(C(F)F)o3)cc2F)c2ccccc2)CC1.Cl.O=S(=O)(N1CCNCC1)N(Cc1ccc(-c2nnc(C(F)F)o2)cc1F)c1ccccc1. The van der Waals surface area contributed by atoms with Crippen LogP contribution < -0.4 is 13.9 Å². The van der Waals surface area contributed by atoms with Crippen molar-refractivity contribution in [2.45, 2.75) is 45.8 Å². The van der Waals surface area contributed by atoms with Gasteiger partial charge in [0.25, 0.3) is 11.8 Å². The van der Waals surface area contributed by atoms with E-state index in [1.54, 1.807) is 60.7 Å². The Hall–Kier alpha value is -5.63. The van der Waals surface area contributed by atoms with Crippen LogP contribution in [-0.2, 0) is 33.5 Å². The summed E-state index contributed by atoms with van der Waals surface area (Å²) in [6.45, 7) is 7.14. The Bertz CT molecular complexity index is 2800. The highest BCUT2D eigenvalue weighted by molar-refractivity contribution is 7.90. The maximum atomic E-state index is 15.1. The van der Waals surface area contributed by atoms with Gasteiger partial charge in [-0.2, -0.15) is 43.0 Å². The fraction of sp³-hybridized carbons (Fsp3) is 0.349. The average molecular weight is 1010 g/mol. The third-order valence-corrected chi connectivity index (χ3v) is 14.7. The maximum Gasteiger partial charge on any atom is 0.314 e. The molecule has 1 N–H and O–H groups in total. The summed E-state index contributed by atoms with van der Waals surface area (Å²) in [6.07, 6.45) is -5.87. The van der Waals surface area contributed by atoms with Crippen LogP contribution in [0, 0.1) is 11.6 Å². The lowest BCUT2D eigenvalue weighted by Crippen LogP contribution is -2.54. The number of nitrogens with one attached hydrogen (secondary N) is 1. The van der Waals surface area contributed by atoms with E-state index in [1.807, 2.05) is 0 Å². The van der Waals surface area contributed by atoms with Crippen molar-refractivity contribution in [2.24, 2.45) is 0 Å². The Morgan fingerprint density at radius 3 is 1.34 bits per heavy atom. The lowest BCUT2D eigenvalue weighted by atomic mass is 10.1. The number of rotatable bonds is 15. The van der Waals surface area contributed by atoms with Crippen molar-refractivity contribution in [3.05, 3.63) is 132 Å². The van der Waals surface area contributed by atoms with E-state index in [0.717, 1.165) is 16.4 Å². The molecule has 0 saturated carbocycles. The molecule has 0 unspecified atom stereocenters. The number of aromatic nitrogens is 4. The predicted octanol–water partition coefficient (Wildman–Crippen LogP) is 7.48. The Labute approximate surface area is 395 Å². The molecule has 366 valence electrons. The third kappa shape index (κ3) is 12.1. The lowest BCUT2D eigenvalue weighted by molar-refractivity contribution is 0.115. The molecule has 68 heavy (non-hydrogen) atoms. The van der Waals surface area contributed by atoms with Crippen molar-refractivity contribution in [1.82, 2.24) is 39.2 Å². The summed E-state index contributed by atoms with van der Waals surface area (Å²) in [6, 6.07) is 25.0. The molecule has 6 aromatic rings. The number of benzene rings is 4. The van der Waals surface area contributed by atoms with Gasteiger partial charge in [0.05, 0.1) is 24.5 Å². The first-order valence-electron chi connectivity index (χ1n) is 20.9. The molecule has 2 fully saturated rings. The van der Waals surface area contributed by atoms with Gasteiger partial charge in [0.2, 0.25) is 11.8 Å². The summed E-state index contributed by atoms with van der Waals surface area (Å²) < 4.78 is 150. The molecule has 0 radical (unpaired) electrons. The van der Waals surface area contributed by atoms with Crippen molar-refractivity contribution in [3.8, 4) is 22.9 Å². The highest BCUT2D eigenvalue weighted by atomic mass is 35.5. The van der Waals surface area contributed by atoms with E-state index in [4.69, 9.17) is 8.83 Å².